The summed E-state index contributed by atoms with van der Waals surface area (Å²) >= 11 is 0. The third kappa shape index (κ3) is 6.36. The second-order valence-electron chi connectivity index (χ2n) is 10.5. The second kappa shape index (κ2) is 13.2. The van der Waals surface area contributed by atoms with Gasteiger partial charge in [-0.3, -0.25) is 14.5 Å². The Hall–Kier alpha value is -4.91. The number of carboxylic acids is 1. The molecule has 1 aliphatic carbocycles. The molecule has 1 atom stereocenters. The monoisotopic (exact) mass is 562 g/mol. The Morgan fingerprint density at radius 1 is 0.738 bits per heavy atom. The van der Waals surface area contributed by atoms with Gasteiger partial charge in [0.25, 0.3) is 0 Å². The predicted octanol–water partition coefficient (Wildman–Crippen LogP) is 6.18. The lowest BCUT2D eigenvalue weighted by Crippen LogP contribution is -2.49. The van der Waals surface area contributed by atoms with Gasteiger partial charge in [0.2, 0.25) is 5.91 Å². The first-order chi connectivity index (χ1) is 20.4. The van der Waals surface area contributed by atoms with E-state index in [1.807, 2.05) is 97.1 Å². The Labute approximate surface area is 245 Å². The molecule has 2 amide bonds. The fourth-order valence-electron chi connectivity index (χ4n) is 5.93. The standard InChI is InChI=1S/C35H34N2O5/c36-34(40)32(19-20-33(38)39)37(22-21-26(24-11-3-1-4-12-24)25-13-5-2-6-14-25)35(41)42-23-31-29-17-9-7-15-27(29)28-16-8-10-18-30(28)31/h1-18,26,31-32H,19-23H2,(H2,36,40)(H,38,39)/t32-/m0/s1. The van der Waals surface area contributed by atoms with Crippen molar-refractivity contribution in [3.05, 3.63) is 131 Å². The Morgan fingerprint density at radius 2 is 1.24 bits per heavy atom. The van der Waals surface area contributed by atoms with Crippen LogP contribution in [0.3, 0.4) is 0 Å². The van der Waals surface area contributed by atoms with Crippen LogP contribution in [0.1, 0.15) is 53.4 Å². The molecular formula is C35H34N2O5. The molecule has 4 aromatic rings. The van der Waals surface area contributed by atoms with Gasteiger partial charge >= 0.3 is 12.1 Å². The zero-order valence-corrected chi connectivity index (χ0v) is 23.3. The van der Waals surface area contributed by atoms with Crippen LogP contribution in [-0.4, -0.2) is 47.2 Å². The first-order valence-corrected chi connectivity index (χ1v) is 14.2. The summed E-state index contributed by atoms with van der Waals surface area (Å²) in [7, 11) is 0. The summed E-state index contributed by atoms with van der Waals surface area (Å²) in [5, 5.41) is 9.33. The average molecular weight is 563 g/mol. The van der Waals surface area contributed by atoms with Crippen molar-refractivity contribution in [2.24, 2.45) is 5.73 Å². The van der Waals surface area contributed by atoms with Gasteiger partial charge in [0, 0.05) is 24.8 Å². The molecule has 0 saturated carbocycles. The maximum Gasteiger partial charge on any atom is 0.410 e. The number of primary amides is 1. The van der Waals surface area contributed by atoms with E-state index in [-0.39, 0.29) is 37.8 Å². The van der Waals surface area contributed by atoms with Gasteiger partial charge in [-0.15, -0.1) is 0 Å². The summed E-state index contributed by atoms with van der Waals surface area (Å²) in [6.07, 6.45) is -0.613. The fraction of sp³-hybridized carbons (Fsp3) is 0.229. The van der Waals surface area contributed by atoms with Crippen molar-refractivity contribution in [1.82, 2.24) is 4.90 Å². The van der Waals surface area contributed by atoms with Crippen LogP contribution < -0.4 is 5.73 Å². The molecule has 7 nitrogen and oxygen atoms in total. The number of carboxylic acid groups (broad SMARTS) is 1. The summed E-state index contributed by atoms with van der Waals surface area (Å²) in [5.41, 5.74) is 12.2. The third-order valence-corrected chi connectivity index (χ3v) is 7.97. The highest BCUT2D eigenvalue weighted by molar-refractivity contribution is 5.85. The van der Waals surface area contributed by atoms with E-state index in [9.17, 15) is 19.5 Å². The molecule has 4 aromatic carbocycles. The Bertz CT molecular complexity index is 1450. The number of hydrogen-bond donors (Lipinski definition) is 2. The number of rotatable bonds is 12. The number of fused-ring (bicyclic) bond motifs is 3. The first kappa shape index (κ1) is 28.6. The van der Waals surface area contributed by atoms with Crippen molar-refractivity contribution >= 4 is 18.0 Å². The summed E-state index contributed by atoms with van der Waals surface area (Å²) in [6.45, 7) is 0.229. The van der Waals surface area contributed by atoms with E-state index >= 15 is 0 Å². The smallest absolute Gasteiger partial charge is 0.410 e. The molecular weight excluding hydrogens is 528 g/mol. The van der Waals surface area contributed by atoms with Gasteiger partial charge in [0.1, 0.15) is 12.6 Å². The normalized spacial score (nSPS) is 12.8. The van der Waals surface area contributed by atoms with Crippen molar-refractivity contribution in [3.8, 4) is 11.1 Å². The summed E-state index contributed by atoms with van der Waals surface area (Å²) in [4.78, 5) is 39.1. The number of carbonyl (C=O) groups excluding carboxylic acids is 2. The van der Waals surface area contributed by atoms with E-state index in [4.69, 9.17) is 10.5 Å². The molecule has 0 radical (unpaired) electrons. The lowest BCUT2D eigenvalue weighted by Gasteiger charge is -2.31. The molecule has 0 fully saturated rings. The van der Waals surface area contributed by atoms with E-state index in [1.165, 1.54) is 4.90 Å². The van der Waals surface area contributed by atoms with E-state index < -0.39 is 24.0 Å². The minimum atomic E-state index is -1.12. The van der Waals surface area contributed by atoms with Crippen LogP contribution in [0, 0.1) is 0 Å². The molecule has 214 valence electrons. The minimum Gasteiger partial charge on any atom is -0.481 e. The van der Waals surface area contributed by atoms with Crippen LogP contribution in [0.15, 0.2) is 109 Å². The van der Waals surface area contributed by atoms with Crippen LogP contribution in [0.2, 0.25) is 0 Å². The summed E-state index contributed by atoms with van der Waals surface area (Å²) < 4.78 is 5.92. The predicted molar refractivity (Wildman–Crippen MR) is 161 cm³/mol. The third-order valence-electron chi connectivity index (χ3n) is 7.97. The molecule has 0 bridgehead atoms. The Morgan fingerprint density at radius 3 is 1.74 bits per heavy atom. The number of hydrogen-bond acceptors (Lipinski definition) is 4. The largest absolute Gasteiger partial charge is 0.481 e. The number of benzene rings is 4. The van der Waals surface area contributed by atoms with E-state index in [0.717, 1.165) is 33.4 Å². The molecule has 0 heterocycles. The molecule has 0 aliphatic heterocycles. The van der Waals surface area contributed by atoms with Crippen molar-refractivity contribution in [1.29, 1.82) is 0 Å². The molecule has 0 spiro atoms. The van der Waals surface area contributed by atoms with E-state index in [0.29, 0.717) is 6.42 Å². The van der Waals surface area contributed by atoms with Crippen LogP contribution >= 0.6 is 0 Å². The first-order valence-electron chi connectivity index (χ1n) is 14.2. The molecule has 0 aromatic heterocycles. The maximum atomic E-state index is 13.7. The highest BCUT2D eigenvalue weighted by atomic mass is 16.6. The van der Waals surface area contributed by atoms with Gasteiger partial charge < -0.3 is 15.6 Å². The van der Waals surface area contributed by atoms with Gasteiger partial charge in [-0.1, -0.05) is 109 Å². The lowest BCUT2D eigenvalue weighted by atomic mass is 9.88. The zero-order valence-electron chi connectivity index (χ0n) is 23.3. The highest BCUT2D eigenvalue weighted by Gasteiger charge is 2.33. The van der Waals surface area contributed by atoms with Crippen molar-refractivity contribution in [3.63, 3.8) is 0 Å². The maximum absolute atomic E-state index is 13.7. The van der Waals surface area contributed by atoms with Crippen LogP contribution in [0.4, 0.5) is 4.79 Å². The van der Waals surface area contributed by atoms with Gasteiger partial charge in [-0.05, 0) is 46.2 Å². The number of ether oxygens (including phenoxy) is 1. The molecule has 7 heteroatoms. The van der Waals surface area contributed by atoms with Gasteiger partial charge in [-0.2, -0.15) is 0 Å². The molecule has 3 N–H and O–H groups in total. The van der Waals surface area contributed by atoms with Crippen LogP contribution in [-0.2, 0) is 14.3 Å². The minimum absolute atomic E-state index is 0.0655. The highest BCUT2D eigenvalue weighted by Crippen LogP contribution is 2.44. The SMILES string of the molecule is NC(=O)[C@H](CCC(=O)O)N(CCC(c1ccccc1)c1ccccc1)C(=O)OCC1c2ccccc2-c2ccccc21. The van der Waals surface area contributed by atoms with Gasteiger partial charge in [0.05, 0.1) is 0 Å². The average Bonchev–Trinajstić information content (AvgIpc) is 3.33. The summed E-state index contributed by atoms with van der Waals surface area (Å²) in [6, 6.07) is 34.9. The molecule has 5 rings (SSSR count). The number of aliphatic carboxylic acids is 1. The number of carbonyl (C=O) groups is 3. The lowest BCUT2D eigenvalue weighted by molar-refractivity contribution is -0.137. The quantitative estimate of drug-likeness (QED) is 0.214. The Kier molecular flexibility index (Phi) is 8.97. The molecule has 0 unspecified atom stereocenters. The number of nitrogens with two attached hydrogens (primary N) is 1. The second-order valence-corrected chi connectivity index (χ2v) is 10.5. The molecule has 1 aliphatic rings. The van der Waals surface area contributed by atoms with Crippen molar-refractivity contribution in [2.45, 2.75) is 37.1 Å². The van der Waals surface area contributed by atoms with Crippen molar-refractivity contribution in [2.75, 3.05) is 13.2 Å². The fourth-order valence-corrected chi connectivity index (χ4v) is 5.93. The number of nitrogens with zero attached hydrogens (tertiary/aromatic N) is 1. The van der Waals surface area contributed by atoms with Gasteiger partial charge in [-0.25, -0.2) is 4.79 Å². The van der Waals surface area contributed by atoms with E-state index in [1.54, 1.807) is 0 Å². The number of amides is 2. The topological polar surface area (TPSA) is 110 Å². The van der Waals surface area contributed by atoms with E-state index in [2.05, 4.69) is 12.1 Å². The molecule has 0 saturated heterocycles. The molecule has 42 heavy (non-hydrogen) atoms. The van der Waals surface area contributed by atoms with Crippen molar-refractivity contribution < 1.29 is 24.2 Å². The van der Waals surface area contributed by atoms with Crippen LogP contribution in [0.25, 0.3) is 11.1 Å². The van der Waals surface area contributed by atoms with Crippen LogP contribution in [0.5, 0.6) is 0 Å². The van der Waals surface area contributed by atoms with Gasteiger partial charge in [0.15, 0.2) is 0 Å². The summed E-state index contributed by atoms with van der Waals surface area (Å²) in [5.74, 6) is -2.05. The Balaban J connectivity index is 1.40. The zero-order chi connectivity index (χ0) is 29.5.